The highest BCUT2D eigenvalue weighted by atomic mass is 16.3. The molecule has 16 heavy (non-hydrogen) atoms. The molecule has 2 N–H and O–H groups in total. The second-order valence-electron chi connectivity index (χ2n) is 4.54. The molecule has 2 heterocycles. The Labute approximate surface area is 96.7 Å². The van der Waals surface area contributed by atoms with Gasteiger partial charge >= 0.3 is 0 Å². The lowest BCUT2D eigenvalue weighted by molar-refractivity contribution is 0.114. The summed E-state index contributed by atoms with van der Waals surface area (Å²) in [4.78, 5) is 0. The van der Waals surface area contributed by atoms with Gasteiger partial charge in [-0.2, -0.15) is 5.10 Å². The SMILES string of the molecule is CCCn1cc(C(O)C2CCCCN2)cn1. The van der Waals surface area contributed by atoms with Crippen LogP contribution in [-0.2, 0) is 6.54 Å². The standard InChI is InChI=1S/C12H21N3O/c1-2-7-15-9-10(8-14-15)12(16)11-5-3-4-6-13-11/h8-9,11-13,16H,2-7H2,1H3. The van der Waals surface area contributed by atoms with E-state index in [1.807, 2.05) is 10.9 Å². The second kappa shape index (κ2) is 5.46. The minimum Gasteiger partial charge on any atom is -0.387 e. The number of aliphatic hydroxyl groups is 1. The number of aryl methyl sites for hydroxylation is 1. The number of hydrogen-bond donors (Lipinski definition) is 2. The summed E-state index contributed by atoms with van der Waals surface area (Å²) in [5.41, 5.74) is 0.938. The average Bonchev–Trinajstić information content (AvgIpc) is 2.78. The van der Waals surface area contributed by atoms with Crippen molar-refractivity contribution in [2.24, 2.45) is 0 Å². The molecule has 0 bridgehead atoms. The fourth-order valence-corrected chi connectivity index (χ4v) is 2.26. The van der Waals surface area contributed by atoms with Gasteiger partial charge in [0.25, 0.3) is 0 Å². The number of aromatic nitrogens is 2. The first-order valence-electron chi connectivity index (χ1n) is 6.25. The molecule has 0 spiro atoms. The van der Waals surface area contributed by atoms with Crippen LogP contribution in [0.15, 0.2) is 12.4 Å². The molecule has 0 radical (unpaired) electrons. The highest BCUT2D eigenvalue weighted by Gasteiger charge is 2.23. The molecule has 2 atom stereocenters. The monoisotopic (exact) mass is 223 g/mol. The highest BCUT2D eigenvalue weighted by Crippen LogP contribution is 2.22. The van der Waals surface area contributed by atoms with Gasteiger partial charge < -0.3 is 10.4 Å². The summed E-state index contributed by atoms with van der Waals surface area (Å²) >= 11 is 0. The maximum absolute atomic E-state index is 10.2. The van der Waals surface area contributed by atoms with Gasteiger partial charge in [-0.25, -0.2) is 0 Å². The first kappa shape index (κ1) is 11.6. The van der Waals surface area contributed by atoms with E-state index in [-0.39, 0.29) is 6.04 Å². The molecule has 0 aliphatic carbocycles. The first-order valence-corrected chi connectivity index (χ1v) is 6.25. The van der Waals surface area contributed by atoms with E-state index in [1.165, 1.54) is 12.8 Å². The van der Waals surface area contributed by atoms with Gasteiger partial charge in [-0.15, -0.1) is 0 Å². The Morgan fingerprint density at radius 3 is 3.19 bits per heavy atom. The number of aliphatic hydroxyl groups excluding tert-OH is 1. The van der Waals surface area contributed by atoms with Crippen molar-refractivity contribution < 1.29 is 5.11 Å². The lowest BCUT2D eigenvalue weighted by Crippen LogP contribution is -2.38. The van der Waals surface area contributed by atoms with Crippen LogP contribution in [0.5, 0.6) is 0 Å². The van der Waals surface area contributed by atoms with E-state index >= 15 is 0 Å². The van der Waals surface area contributed by atoms with Crippen molar-refractivity contribution in [2.75, 3.05) is 6.54 Å². The van der Waals surface area contributed by atoms with Gasteiger partial charge in [-0.3, -0.25) is 4.68 Å². The van der Waals surface area contributed by atoms with Crippen LogP contribution in [0.3, 0.4) is 0 Å². The number of piperidine rings is 1. The molecular formula is C12H21N3O. The summed E-state index contributed by atoms with van der Waals surface area (Å²) < 4.78 is 1.90. The molecule has 4 heteroatoms. The van der Waals surface area contributed by atoms with Crippen molar-refractivity contribution in [3.05, 3.63) is 18.0 Å². The van der Waals surface area contributed by atoms with Crippen LogP contribution in [0.2, 0.25) is 0 Å². The quantitative estimate of drug-likeness (QED) is 0.812. The molecule has 1 aliphatic heterocycles. The van der Waals surface area contributed by atoms with Gasteiger partial charge in [0.05, 0.1) is 12.3 Å². The molecule has 1 aromatic rings. The van der Waals surface area contributed by atoms with Crippen LogP contribution >= 0.6 is 0 Å². The Morgan fingerprint density at radius 1 is 1.62 bits per heavy atom. The lowest BCUT2D eigenvalue weighted by atomic mass is 9.97. The Morgan fingerprint density at radius 2 is 2.50 bits per heavy atom. The summed E-state index contributed by atoms with van der Waals surface area (Å²) in [6.45, 7) is 4.07. The molecule has 2 unspecified atom stereocenters. The summed E-state index contributed by atoms with van der Waals surface area (Å²) in [6.07, 6.45) is 7.89. The van der Waals surface area contributed by atoms with Crippen molar-refractivity contribution in [1.29, 1.82) is 0 Å². The van der Waals surface area contributed by atoms with Gasteiger partial charge in [0.2, 0.25) is 0 Å². The molecule has 1 fully saturated rings. The third kappa shape index (κ3) is 2.62. The van der Waals surface area contributed by atoms with E-state index < -0.39 is 6.10 Å². The van der Waals surface area contributed by atoms with Gasteiger partial charge in [-0.05, 0) is 25.8 Å². The van der Waals surface area contributed by atoms with E-state index in [9.17, 15) is 5.11 Å². The largest absolute Gasteiger partial charge is 0.387 e. The van der Waals surface area contributed by atoms with E-state index in [4.69, 9.17) is 0 Å². The van der Waals surface area contributed by atoms with Crippen LogP contribution < -0.4 is 5.32 Å². The van der Waals surface area contributed by atoms with Crippen LogP contribution in [-0.4, -0.2) is 27.5 Å². The number of rotatable bonds is 4. The Kier molecular flexibility index (Phi) is 3.96. The third-order valence-electron chi connectivity index (χ3n) is 3.18. The van der Waals surface area contributed by atoms with Crippen LogP contribution in [0.1, 0.15) is 44.3 Å². The lowest BCUT2D eigenvalue weighted by Gasteiger charge is -2.27. The predicted octanol–water partition coefficient (Wildman–Crippen LogP) is 1.47. The highest BCUT2D eigenvalue weighted by molar-refractivity contribution is 5.11. The van der Waals surface area contributed by atoms with Crippen molar-refractivity contribution in [3.8, 4) is 0 Å². The maximum atomic E-state index is 10.2. The predicted molar refractivity (Wildman–Crippen MR) is 63.1 cm³/mol. The fourth-order valence-electron chi connectivity index (χ4n) is 2.26. The van der Waals surface area contributed by atoms with Crippen LogP contribution in [0.25, 0.3) is 0 Å². The molecule has 2 rings (SSSR count). The summed E-state index contributed by atoms with van der Waals surface area (Å²) in [6, 6.07) is 0.202. The zero-order chi connectivity index (χ0) is 11.4. The Balaban J connectivity index is 1.98. The molecule has 0 saturated carbocycles. The second-order valence-corrected chi connectivity index (χ2v) is 4.54. The smallest absolute Gasteiger partial charge is 0.0973 e. The van der Waals surface area contributed by atoms with Gasteiger partial charge in [0.1, 0.15) is 0 Å². The summed E-state index contributed by atoms with van der Waals surface area (Å²) in [5.74, 6) is 0. The van der Waals surface area contributed by atoms with Gasteiger partial charge in [0.15, 0.2) is 0 Å². The molecule has 4 nitrogen and oxygen atoms in total. The zero-order valence-corrected chi connectivity index (χ0v) is 9.89. The Hall–Kier alpha value is -0.870. The number of nitrogens with one attached hydrogen (secondary N) is 1. The normalized spacial score (nSPS) is 23.2. The molecule has 1 aliphatic rings. The van der Waals surface area contributed by atoms with Gasteiger partial charge in [-0.1, -0.05) is 13.3 Å². The molecular weight excluding hydrogens is 202 g/mol. The van der Waals surface area contributed by atoms with Crippen molar-refractivity contribution in [1.82, 2.24) is 15.1 Å². The summed E-state index contributed by atoms with van der Waals surface area (Å²) in [7, 11) is 0. The average molecular weight is 223 g/mol. The van der Waals surface area contributed by atoms with E-state index in [1.54, 1.807) is 6.20 Å². The molecule has 0 aromatic carbocycles. The van der Waals surface area contributed by atoms with Crippen molar-refractivity contribution in [3.63, 3.8) is 0 Å². The minimum absolute atomic E-state index is 0.202. The van der Waals surface area contributed by atoms with E-state index in [0.717, 1.165) is 31.5 Å². The first-order chi connectivity index (χ1) is 7.81. The third-order valence-corrected chi connectivity index (χ3v) is 3.18. The summed E-state index contributed by atoms with van der Waals surface area (Å²) in [5, 5.41) is 17.8. The zero-order valence-electron chi connectivity index (χ0n) is 9.89. The molecule has 1 aromatic heterocycles. The minimum atomic E-state index is -0.411. The Bertz CT molecular complexity index is 318. The topological polar surface area (TPSA) is 50.1 Å². The van der Waals surface area contributed by atoms with Gasteiger partial charge in [0, 0.05) is 24.3 Å². The van der Waals surface area contributed by atoms with E-state index in [2.05, 4.69) is 17.3 Å². The molecule has 0 amide bonds. The fraction of sp³-hybridized carbons (Fsp3) is 0.750. The number of hydrogen-bond acceptors (Lipinski definition) is 3. The van der Waals surface area contributed by atoms with Crippen molar-refractivity contribution in [2.45, 2.75) is 51.3 Å². The van der Waals surface area contributed by atoms with Crippen LogP contribution in [0, 0.1) is 0 Å². The van der Waals surface area contributed by atoms with Crippen molar-refractivity contribution >= 4 is 0 Å². The molecule has 1 saturated heterocycles. The van der Waals surface area contributed by atoms with E-state index in [0.29, 0.717) is 0 Å². The number of nitrogens with zero attached hydrogens (tertiary/aromatic N) is 2. The maximum Gasteiger partial charge on any atom is 0.0973 e. The van der Waals surface area contributed by atoms with Crippen LogP contribution in [0.4, 0.5) is 0 Å². The molecule has 90 valence electrons.